The molecule has 0 aromatic rings. The molecule has 0 heteroatoms. The zero-order valence-corrected chi connectivity index (χ0v) is 5.28. The summed E-state index contributed by atoms with van der Waals surface area (Å²) in [6, 6.07) is 0. The standard InChI is InChI=1S/C8H11/c1-4-6-7-8(3)5-2/h5,8H,2,6-7H2,3H3. The van der Waals surface area contributed by atoms with Crippen LogP contribution in [0.5, 0.6) is 0 Å². The van der Waals surface area contributed by atoms with Gasteiger partial charge in [0.1, 0.15) is 0 Å². The molecular weight excluding hydrogens is 96.1 g/mol. The summed E-state index contributed by atoms with van der Waals surface area (Å²) >= 11 is 0. The van der Waals surface area contributed by atoms with E-state index in [-0.39, 0.29) is 0 Å². The first kappa shape index (κ1) is 7.30. The van der Waals surface area contributed by atoms with Gasteiger partial charge in [0.05, 0.1) is 0 Å². The van der Waals surface area contributed by atoms with Gasteiger partial charge in [-0.3, -0.25) is 0 Å². The van der Waals surface area contributed by atoms with Gasteiger partial charge in [0.25, 0.3) is 0 Å². The molecule has 0 saturated heterocycles. The third-order valence-electron chi connectivity index (χ3n) is 1.13. The predicted octanol–water partition coefficient (Wildman–Crippen LogP) is 2.18. The molecule has 0 bridgehead atoms. The lowest BCUT2D eigenvalue weighted by atomic mass is 10.1. The molecule has 0 fully saturated rings. The molecule has 0 aromatic carbocycles. The summed E-state index contributed by atoms with van der Waals surface area (Å²) in [4.78, 5) is 0. The second-order valence-corrected chi connectivity index (χ2v) is 1.93. The average Bonchev–Trinajstić information content (AvgIpc) is 1.83. The molecule has 8 heavy (non-hydrogen) atoms. The highest BCUT2D eigenvalue weighted by Crippen LogP contribution is 2.03. The van der Waals surface area contributed by atoms with E-state index in [1.54, 1.807) is 0 Å². The van der Waals surface area contributed by atoms with Crippen LogP contribution in [-0.4, -0.2) is 0 Å². The quantitative estimate of drug-likeness (QED) is 0.383. The summed E-state index contributed by atoms with van der Waals surface area (Å²) in [5.74, 6) is 2.87. The van der Waals surface area contributed by atoms with E-state index in [0.717, 1.165) is 12.8 Å². The minimum atomic E-state index is 0.535. The van der Waals surface area contributed by atoms with Gasteiger partial charge in [-0.2, -0.15) is 0 Å². The van der Waals surface area contributed by atoms with Crippen LogP contribution in [0, 0.1) is 18.3 Å². The second-order valence-electron chi connectivity index (χ2n) is 1.93. The van der Waals surface area contributed by atoms with Crippen molar-refractivity contribution < 1.29 is 0 Å². The van der Waals surface area contributed by atoms with Crippen molar-refractivity contribution in [2.75, 3.05) is 0 Å². The zero-order chi connectivity index (χ0) is 6.41. The van der Waals surface area contributed by atoms with Gasteiger partial charge >= 0.3 is 0 Å². The monoisotopic (exact) mass is 107 g/mol. The molecular formula is C8H11. The molecule has 1 unspecified atom stereocenters. The first-order valence-corrected chi connectivity index (χ1v) is 2.83. The summed E-state index contributed by atoms with van der Waals surface area (Å²) in [7, 11) is 0. The van der Waals surface area contributed by atoms with Gasteiger partial charge in [-0.05, 0) is 18.8 Å². The van der Waals surface area contributed by atoms with Crippen molar-refractivity contribution in [1.29, 1.82) is 0 Å². The van der Waals surface area contributed by atoms with Gasteiger partial charge in [0.15, 0.2) is 0 Å². The van der Waals surface area contributed by atoms with E-state index in [0.29, 0.717) is 5.92 Å². The Morgan fingerprint density at radius 2 is 2.50 bits per heavy atom. The van der Waals surface area contributed by atoms with Gasteiger partial charge in [-0.1, -0.05) is 18.9 Å². The fourth-order valence-corrected chi connectivity index (χ4v) is 0.418. The Bertz CT molecular complexity index is 95.1. The largest absolute Gasteiger partial charge is 0.103 e. The van der Waals surface area contributed by atoms with Crippen molar-refractivity contribution in [3.05, 3.63) is 19.1 Å². The molecule has 0 rings (SSSR count). The molecule has 0 aliphatic carbocycles. The normalized spacial score (nSPS) is 12.0. The molecule has 43 valence electrons. The average molecular weight is 107 g/mol. The van der Waals surface area contributed by atoms with Crippen LogP contribution in [0.4, 0.5) is 0 Å². The molecule has 0 spiro atoms. The Labute approximate surface area is 51.6 Å². The van der Waals surface area contributed by atoms with Crippen molar-refractivity contribution in [3.63, 3.8) is 0 Å². The summed E-state index contributed by atoms with van der Waals surface area (Å²) in [6.45, 7) is 5.71. The van der Waals surface area contributed by atoms with E-state index in [1.165, 1.54) is 0 Å². The number of allylic oxidation sites excluding steroid dienone is 1. The van der Waals surface area contributed by atoms with Gasteiger partial charge in [-0.25, -0.2) is 0 Å². The van der Waals surface area contributed by atoms with Gasteiger partial charge in [-0.15, -0.1) is 6.58 Å². The van der Waals surface area contributed by atoms with Crippen LogP contribution in [0.15, 0.2) is 12.7 Å². The Kier molecular flexibility index (Phi) is 4.07. The van der Waals surface area contributed by atoms with Gasteiger partial charge < -0.3 is 0 Å². The molecule has 0 heterocycles. The van der Waals surface area contributed by atoms with E-state index in [2.05, 4.69) is 19.4 Å². The first-order chi connectivity index (χ1) is 3.81. The first-order valence-electron chi connectivity index (χ1n) is 2.83. The maximum absolute atomic E-state index is 6.59. The summed E-state index contributed by atoms with van der Waals surface area (Å²) in [6.07, 6.45) is 10.3. The highest BCUT2D eigenvalue weighted by molar-refractivity contribution is 4.81. The minimum absolute atomic E-state index is 0.535. The fraction of sp³-hybridized carbons (Fsp3) is 0.500. The van der Waals surface area contributed by atoms with Crippen LogP contribution in [-0.2, 0) is 0 Å². The summed E-state index contributed by atoms with van der Waals surface area (Å²) < 4.78 is 0. The van der Waals surface area contributed by atoms with Crippen molar-refractivity contribution >= 4 is 0 Å². The fourth-order valence-electron chi connectivity index (χ4n) is 0.418. The highest BCUT2D eigenvalue weighted by Gasteiger charge is 1.90. The molecule has 0 nitrogen and oxygen atoms in total. The molecule has 0 aliphatic heterocycles. The third-order valence-corrected chi connectivity index (χ3v) is 1.13. The van der Waals surface area contributed by atoms with Crippen LogP contribution in [0.3, 0.4) is 0 Å². The smallest absolute Gasteiger partial charge is 0.0104 e. The zero-order valence-electron chi connectivity index (χ0n) is 5.28. The summed E-state index contributed by atoms with van der Waals surface area (Å²) in [5, 5.41) is 0. The lowest BCUT2D eigenvalue weighted by Gasteiger charge is -1.98. The second kappa shape index (κ2) is 4.46. The molecule has 0 saturated carbocycles. The maximum Gasteiger partial charge on any atom is 0.0104 e. The van der Waals surface area contributed by atoms with Gasteiger partial charge in [0.2, 0.25) is 0 Å². The van der Waals surface area contributed by atoms with Crippen LogP contribution in [0.1, 0.15) is 19.8 Å². The van der Waals surface area contributed by atoms with Crippen LogP contribution < -0.4 is 0 Å². The molecule has 1 radical (unpaired) electrons. The maximum atomic E-state index is 6.59. The van der Waals surface area contributed by atoms with Gasteiger partial charge in [0, 0.05) is 6.42 Å². The van der Waals surface area contributed by atoms with Crippen LogP contribution >= 0.6 is 0 Å². The number of hydrogen-bond acceptors (Lipinski definition) is 0. The predicted molar refractivity (Wildman–Crippen MR) is 35.7 cm³/mol. The Morgan fingerprint density at radius 1 is 1.88 bits per heavy atom. The summed E-state index contributed by atoms with van der Waals surface area (Å²) in [5.41, 5.74) is 0. The van der Waals surface area contributed by atoms with Crippen LogP contribution in [0.25, 0.3) is 0 Å². The molecule has 1 atom stereocenters. The Balaban J connectivity index is 3.13. The molecule has 0 amide bonds. The highest BCUT2D eigenvalue weighted by atomic mass is 14.0. The number of hydrogen-bond donors (Lipinski definition) is 0. The molecule has 0 aliphatic rings. The molecule has 0 N–H and O–H groups in total. The topological polar surface area (TPSA) is 0 Å². The van der Waals surface area contributed by atoms with E-state index >= 15 is 0 Å². The minimum Gasteiger partial charge on any atom is -0.103 e. The lowest BCUT2D eigenvalue weighted by molar-refractivity contribution is 0.666. The van der Waals surface area contributed by atoms with Crippen LogP contribution in [0.2, 0.25) is 0 Å². The van der Waals surface area contributed by atoms with Crippen molar-refractivity contribution in [3.8, 4) is 5.92 Å². The number of rotatable bonds is 3. The van der Waals surface area contributed by atoms with E-state index in [1.807, 2.05) is 6.08 Å². The lowest BCUT2D eigenvalue weighted by Crippen LogP contribution is -1.85. The van der Waals surface area contributed by atoms with E-state index in [4.69, 9.17) is 6.42 Å². The van der Waals surface area contributed by atoms with Crippen molar-refractivity contribution in [2.24, 2.45) is 5.92 Å². The Hall–Kier alpha value is -0.700. The van der Waals surface area contributed by atoms with E-state index < -0.39 is 0 Å². The SMILES string of the molecule is [C]#CCCC(C)C=C. The Morgan fingerprint density at radius 3 is 2.88 bits per heavy atom. The van der Waals surface area contributed by atoms with Crippen molar-refractivity contribution in [1.82, 2.24) is 0 Å². The third kappa shape index (κ3) is 3.49. The molecule has 0 aromatic heterocycles. The van der Waals surface area contributed by atoms with E-state index in [9.17, 15) is 0 Å². The van der Waals surface area contributed by atoms with Crippen molar-refractivity contribution in [2.45, 2.75) is 19.8 Å².